The van der Waals surface area contributed by atoms with Crippen LogP contribution in [0.2, 0.25) is 0 Å². The summed E-state index contributed by atoms with van der Waals surface area (Å²) in [5.41, 5.74) is 0.782. The van der Waals surface area contributed by atoms with Gasteiger partial charge in [-0.15, -0.1) is 11.3 Å². The Hall–Kier alpha value is -2.33. The van der Waals surface area contributed by atoms with Crippen molar-refractivity contribution < 1.29 is 13.6 Å². The van der Waals surface area contributed by atoms with Gasteiger partial charge in [0.05, 0.1) is 16.6 Å². The first-order valence-corrected chi connectivity index (χ1v) is 7.49. The molecule has 1 aromatic carbocycles. The monoisotopic (exact) mass is 319 g/mol. The van der Waals surface area contributed by atoms with E-state index in [0.717, 1.165) is 16.8 Å². The number of nitrogens with zero attached hydrogens (tertiary/aromatic N) is 3. The molecule has 1 amide bonds. The topological polar surface area (TPSA) is 57.0 Å². The SMILES string of the molecule is Cc1csc(CCN2C(=O)c3cc(F)cc(F)c3C2C#N)n1. The van der Waals surface area contributed by atoms with Gasteiger partial charge in [-0.25, -0.2) is 13.8 Å². The Morgan fingerprint density at radius 3 is 2.86 bits per heavy atom. The maximum Gasteiger partial charge on any atom is 0.255 e. The predicted molar refractivity (Wildman–Crippen MR) is 76.3 cm³/mol. The molecule has 1 unspecified atom stereocenters. The molecule has 4 nitrogen and oxygen atoms in total. The maximum absolute atomic E-state index is 13.9. The second-order valence-electron chi connectivity index (χ2n) is 5.01. The number of hydrogen-bond acceptors (Lipinski definition) is 4. The van der Waals surface area contributed by atoms with Crippen molar-refractivity contribution in [2.45, 2.75) is 19.4 Å². The van der Waals surface area contributed by atoms with Crippen LogP contribution < -0.4 is 0 Å². The summed E-state index contributed by atoms with van der Waals surface area (Å²) < 4.78 is 27.2. The second kappa shape index (κ2) is 5.46. The van der Waals surface area contributed by atoms with E-state index in [1.807, 2.05) is 18.4 Å². The molecule has 1 atom stereocenters. The van der Waals surface area contributed by atoms with E-state index in [2.05, 4.69) is 4.98 Å². The minimum Gasteiger partial charge on any atom is -0.318 e. The Kier molecular flexibility index (Phi) is 3.62. The first kappa shape index (κ1) is 14.6. The molecule has 0 fully saturated rings. The maximum atomic E-state index is 13.9. The zero-order valence-electron chi connectivity index (χ0n) is 11.6. The lowest BCUT2D eigenvalue weighted by atomic mass is 10.0. The number of carbonyl (C=O) groups is 1. The molecule has 1 aliphatic heterocycles. The standard InChI is InChI=1S/C15H11F2N3OS/c1-8-7-22-13(19-8)2-3-20-12(6-18)14-10(15(20)21)4-9(16)5-11(14)17/h4-5,7,12H,2-3H2,1H3. The van der Waals surface area contributed by atoms with Gasteiger partial charge in [-0.05, 0) is 13.0 Å². The molecule has 0 N–H and O–H groups in total. The summed E-state index contributed by atoms with van der Waals surface area (Å²) in [5, 5.41) is 12.0. The molecule has 0 bridgehead atoms. The Labute approximate surface area is 129 Å². The van der Waals surface area contributed by atoms with Crippen LogP contribution in [0.25, 0.3) is 0 Å². The van der Waals surface area contributed by atoms with E-state index >= 15 is 0 Å². The fraction of sp³-hybridized carbons (Fsp3) is 0.267. The molecule has 112 valence electrons. The summed E-state index contributed by atoms with van der Waals surface area (Å²) in [5.74, 6) is -2.20. The van der Waals surface area contributed by atoms with Crippen molar-refractivity contribution in [1.82, 2.24) is 9.88 Å². The molecule has 7 heteroatoms. The van der Waals surface area contributed by atoms with Crippen LogP contribution in [0.15, 0.2) is 17.5 Å². The van der Waals surface area contributed by atoms with Crippen molar-refractivity contribution in [3.8, 4) is 6.07 Å². The number of fused-ring (bicyclic) bond motifs is 1. The van der Waals surface area contributed by atoms with E-state index in [4.69, 9.17) is 0 Å². The number of benzene rings is 1. The molecule has 0 radical (unpaired) electrons. The predicted octanol–water partition coefficient (Wildman–Crippen LogP) is 2.99. The van der Waals surface area contributed by atoms with Crippen LogP contribution in [0.5, 0.6) is 0 Å². The number of hydrogen-bond donors (Lipinski definition) is 0. The fourth-order valence-electron chi connectivity index (χ4n) is 2.57. The Morgan fingerprint density at radius 2 is 2.23 bits per heavy atom. The lowest BCUT2D eigenvalue weighted by molar-refractivity contribution is 0.0759. The molecule has 22 heavy (non-hydrogen) atoms. The Balaban J connectivity index is 1.89. The number of aryl methyl sites for hydroxylation is 1. The van der Waals surface area contributed by atoms with Crippen molar-refractivity contribution in [2.24, 2.45) is 0 Å². The van der Waals surface area contributed by atoms with Crippen molar-refractivity contribution in [2.75, 3.05) is 6.54 Å². The fourth-order valence-corrected chi connectivity index (χ4v) is 3.33. The van der Waals surface area contributed by atoms with Crippen LogP contribution in [-0.2, 0) is 6.42 Å². The van der Waals surface area contributed by atoms with E-state index in [9.17, 15) is 18.8 Å². The van der Waals surface area contributed by atoms with Gasteiger partial charge < -0.3 is 4.90 Å². The van der Waals surface area contributed by atoms with Crippen molar-refractivity contribution in [1.29, 1.82) is 5.26 Å². The van der Waals surface area contributed by atoms with Gasteiger partial charge in [-0.2, -0.15) is 5.26 Å². The van der Waals surface area contributed by atoms with Crippen LogP contribution >= 0.6 is 11.3 Å². The average Bonchev–Trinajstić information content (AvgIpc) is 2.99. The Bertz CT molecular complexity index is 797. The molecule has 0 spiro atoms. The van der Waals surface area contributed by atoms with E-state index in [0.29, 0.717) is 12.5 Å². The third-order valence-electron chi connectivity index (χ3n) is 3.53. The quantitative estimate of drug-likeness (QED) is 0.874. The van der Waals surface area contributed by atoms with Crippen molar-refractivity contribution in [3.63, 3.8) is 0 Å². The van der Waals surface area contributed by atoms with Gasteiger partial charge in [0.25, 0.3) is 5.91 Å². The van der Waals surface area contributed by atoms with Gasteiger partial charge >= 0.3 is 0 Å². The zero-order chi connectivity index (χ0) is 15.9. The van der Waals surface area contributed by atoms with E-state index in [1.165, 1.54) is 16.2 Å². The van der Waals surface area contributed by atoms with Gasteiger partial charge in [0.15, 0.2) is 0 Å². The number of aromatic nitrogens is 1. The highest BCUT2D eigenvalue weighted by Gasteiger charge is 2.39. The molecule has 2 heterocycles. The molecular weight excluding hydrogens is 308 g/mol. The van der Waals surface area contributed by atoms with Gasteiger partial charge in [0.1, 0.15) is 17.7 Å². The molecule has 2 aromatic rings. The first-order chi connectivity index (χ1) is 10.5. The van der Waals surface area contributed by atoms with Crippen LogP contribution in [0.3, 0.4) is 0 Å². The second-order valence-corrected chi connectivity index (χ2v) is 5.95. The number of amides is 1. The van der Waals surface area contributed by atoms with Crippen LogP contribution in [0, 0.1) is 29.9 Å². The molecular formula is C15H11F2N3OS. The number of nitriles is 1. The zero-order valence-corrected chi connectivity index (χ0v) is 12.5. The van der Waals surface area contributed by atoms with Gasteiger partial charge in [-0.1, -0.05) is 0 Å². The number of carbonyl (C=O) groups excluding carboxylic acids is 1. The van der Waals surface area contributed by atoms with Gasteiger partial charge in [0, 0.05) is 35.7 Å². The highest BCUT2D eigenvalue weighted by Crippen LogP contribution is 2.35. The van der Waals surface area contributed by atoms with Crippen molar-refractivity contribution >= 4 is 17.2 Å². The van der Waals surface area contributed by atoms with Crippen LogP contribution in [0.1, 0.15) is 32.7 Å². The highest BCUT2D eigenvalue weighted by atomic mass is 32.1. The molecule has 0 saturated heterocycles. The number of rotatable bonds is 3. The summed E-state index contributed by atoms with van der Waals surface area (Å²) in [7, 11) is 0. The third kappa shape index (κ3) is 2.35. The summed E-state index contributed by atoms with van der Waals surface area (Å²) in [6, 6.07) is 2.59. The molecule has 1 aliphatic rings. The first-order valence-electron chi connectivity index (χ1n) is 6.62. The number of halogens is 2. The lowest BCUT2D eigenvalue weighted by Crippen LogP contribution is -2.29. The normalized spacial score (nSPS) is 16.7. The molecule has 0 saturated carbocycles. The van der Waals surface area contributed by atoms with Gasteiger partial charge in [-0.3, -0.25) is 4.79 Å². The van der Waals surface area contributed by atoms with Crippen LogP contribution in [-0.4, -0.2) is 22.3 Å². The van der Waals surface area contributed by atoms with Gasteiger partial charge in [0.2, 0.25) is 0 Å². The average molecular weight is 319 g/mol. The summed E-state index contributed by atoms with van der Waals surface area (Å²) in [6.07, 6.45) is 0.473. The van der Waals surface area contributed by atoms with Crippen LogP contribution in [0.4, 0.5) is 8.78 Å². The largest absolute Gasteiger partial charge is 0.318 e. The molecule has 0 aliphatic carbocycles. The lowest BCUT2D eigenvalue weighted by Gasteiger charge is -2.19. The molecule has 3 rings (SSSR count). The van der Waals surface area contributed by atoms with Crippen molar-refractivity contribution in [3.05, 3.63) is 51.0 Å². The summed E-state index contributed by atoms with van der Waals surface area (Å²) in [4.78, 5) is 17.9. The minimum absolute atomic E-state index is 0.0378. The smallest absolute Gasteiger partial charge is 0.255 e. The Morgan fingerprint density at radius 1 is 1.45 bits per heavy atom. The summed E-state index contributed by atoms with van der Waals surface area (Å²) in [6.45, 7) is 2.10. The van der Waals surface area contributed by atoms with E-state index < -0.39 is 23.6 Å². The van der Waals surface area contributed by atoms with E-state index in [-0.39, 0.29) is 17.7 Å². The minimum atomic E-state index is -1.02. The highest BCUT2D eigenvalue weighted by molar-refractivity contribution is 7.09. The number of thiazole rings is 1. The summed E-state index contributed by atoms with van der Waals surface area (Å²) >= 11 is 1.47. The van der Waals surface area contributed by atoms with E-state index in [1.54, 1.807) is 0 Å². The third-order valence-corrected chi connectivity index (χ3v) is 4.55. The molecule has 1 aromatic heterocycles.